The molecule has 1 N–H and O–H groups in total. The maximum absolute atomic E-state index is 16.5. The van der Waals surface area contributed by atoms with Gasteiger partial charge in [-0.2, -0.15) is 0 Å². The van der Waals surface area contributed by atoms with Crippen molar-refractivity contribution < 1.29 is 41.7 Å². The van der Waals surface area contributed by atoms with Gasteiger partial charge in [-0.25, -0.2) is 17.6 Å². The number of pyridine rings is 1. The summed E-state index contributed by atoms with van der Waals surface area (Å²) in [7, 11) is 1.56. The lowest BCUT2D eigenvalue weighted by Crippen LogP contribution is -2.42. The van der Waals surface area contributed by atoms with Gasteiger partial charge in [-0.15, -0.1) is 0 Å². The van der Waals surface area contributed by atoms with Crippen molar-refractivity contribution in [2.24, 2.45) is 5.41 Å². The van der Waals surface area contributed by atoms with Gasteiger partial charge in [0.2, 0.25) is 0 Å². The van der Waals surface area contributed by atoms with Crippen molar-refractivity contribution in [1.82, 2.24) is 14.8 Å². The van der Waals surface area contributed by atoms with Gasteiger partial charge < -0.3 is 19.3 Å². The molecule has 2 aliphatic rings. The summed E-state index contributed by atoms with van der Waals surface area (Å²) in [6.07, 6.45) is 1.88. The van der Waals surface area contributed by atoms with E-state index in [0.717, 1.165) is 18.7 Å². The molecule has 2 fully saturated rings. The van der Waals surface area contributed by atoms with E-state index in [4.69, 9.17) is 14.2 Å². The van der Waals surface area contributed by atoms with E-state index < -0.39 is 40.8 Å². The average Bonchev–Trinajstić information content (AvgIpc) is 3.02. The number of fused-ring (bicyclic) bond motifs is 1. The van der Waals surface area contributed by atoms with Gasteiger partial charge in [0.1, 0.15) is 24.3 Å². The van der Waals surface area contributed by atoms with Gasteiger partial charge in [0.15, 0.2) is 17.4 Å². The zero-order valence-electron chi connectivity index (χ0n) is 25.4. The lowest BCUT2D eigenvalue weighted by Gasteiger charge is -2.41. The first kappa shape index (κ1) is 32.9. The van der Waals surface area contributed by atoms with Crippen LogP contribution in [0.15, 0.2) is 36.5 Å². The first-order valence-electron chi connectivity index (χ1n) is 15.3. The Morgan fingerprint density at radius 2 is 1.78 bits per heavy atom. The van der Waals surface area contributed by atoms with Crippen molar-refractivity contribution >= 4 is 16.9 Å². The number of hydrogen-bond acceptors (Lipinski definition) is 7. The summed E-state index contributed by atoms with van der Waals surface area (Å²) in [4.78, 5) is 20.8. The Morgan fingerprint density at radius 3 is 2.44 bits per heavy atom. The molecule has 45 heavy (non-hydrogen) atoms. The summed E-state index contributed by atoms with van der Waals surface area (Å²) in [6, 6.07) is 6.54. The van der Waals surface area contributed by atoms with E-state index in [1.54, 1.807) is 19.4 Å². The second-order valence-electron chi connectivity index (χ2n) is 11.9. The average molecular weight is 634 g/mol. The van der Waals surface area contributed by atoms with E-state index in [9.17, 15) is 23.1 Å². The van der Waals surface area contributed by atoms with Crippen molar-refractivity contribution in [2.75, 3.05) is 59.7 Å². The molecule has 0 unspecified atom stereocenters. The predicted octanol–water partition coefficient (Wildman–Crippen LogP) is 5.92. The molecule has 0 radical (unpaired) electrons. The Morgan fingerprint density at radius 1 is 1.07 bits per heavy atom. The number of piperidine rings is 1. The lowest BCUT2D eigenvalue weighted by molar-refractivity contribution is -0.141. The molecule has 0 saturated carbocycles. The Bertz CT molecular complexity index is 1460. The van der Waals surface area contributed by atoms with Crippen LogP contribution >= 0.6 is 0 Å². The molecule has 5 rings (SSSR count). The highest BCUT2D eigenvalue weighted by Crippen LogP contribution is 2.43. The van der Waals surface area contributed by atoms with Crippen LogP contribution in [-0.2, 0) is 16.1 Å². The van der Waals surface area contributed by atoms with E-state index in [-0.39, 0.29) is 19.4 Å². The first-order chi connectivity index (χ1) is 21.7. The largest absolute Gasteiger partial charge is 0.497 e. The highest BCUT2D eigenvalue weighted by atomic mass is 19.1. The summed E-state index contributed by atoms with van der Waals surface area (Å²) in [5, 5.41) is 10.5. The summed E-state index contributed by atoms with van der Waals surface area (Å²) >= 11 is 0. The summed E-state index contributed by atoms with van der Waals surface area (Å²) in [5.74, 6) is -4.20. The molecule has 2 aromatic carbocycles. The third-order valence-corrected chi connectivity index (χ3v) is 9.00. The van der Waals surface area contributed by atoms with E-state index in [0.29, 0.717) is 93.0 Å². The van der Waals surface area contributed by atoms with E-state index in [1.807, 2.05) is 17.0 Å². The van der Waals surface area contributed by atoms with Crippen LogP contribution in [0.2, 0.25) is 0 Å². The second-order valence-corrected chi connectivity index (χ2v) is 11.9. The minimum atomic E-state index is -1.35. The van der Waals surface area contributed by atoms with Gasteiger partial charge in [0, 0.05) is 55.5 Å². The first-order valence-corrected chi connectivity index (χ1v) is 15.3. The number of hydrogen-bond donors (Lipinski definition) is 1. The highest BCUT2D eigenvalue weighted by molar-refractivity contribution is 5.85. The minimum absolute atomic E-state index is 0.0253. The molecule has 0 amide bonds. The van der Waals surface area contributed by atoms with Crippen molar-refractivity contribution in [3.8, 4) is 11.5 Å². The van der Waals surface area contributed by atoms with Crippen LogP contribution in [0.4, 0.5) is 17.6 Å². The monoisotopic (exact) mass is 633 g/mol. The molecule has 12 heteroatoms. The number of nitrogens with zero attached hydrogens (tertiary/aromatic N) is 3. The summed E-state index contributed by atoms with van der Waals surface area (Å²) in [5.41, 5.74) is 1.41. The van der Waals surface area contributed by atoms with Gasteiger partial charge in [-0.3, -0.25) is 19.6 Å². The maximum Gasteiger partial charge on any atom is 0.303 e. The van der Waals surface area contributed by atoms with Crippen LogP contribution in [0.5, 0.6) is 11.5 Å². The third kappa shape index (κ3) is 8.22. The number of methoxy groups -OCH3 is 1. The van der Waals surface area contributed by atoms with Gasteiger partial charge in [0.25, 0.3) is 0 Å². The van der Waals surface area contributed by atoms with E-state index in [2.05, 4.69) is 9.88 Å². The number of alkyl halides is 1. The summed E-state index contributed by atoms with van der Waals surface area (Å²) in [6.45, 7) is 4.62. The lowest BCUT2D eigenvalue weighted by atomic mass is 9.71. The number of carboxylic acid groups (broad SMARTS) is 1. The van der Waals surface area contributed by atoms with Gasteiger partial charge in [-0.05, 0) is 68.0 Å². The summed E-state index contributed by atoms with van der Waals surface area (Å²) < 4.78 is 73.7. The number of carboxylic acids is 1. The fraction of sp³-hybridized carbons (Fsp3) is 0.515. The van der Waals surface area contributed by atoms with Crippen LogP contribution in [0.1, 0.15) is 49.4 Å². The molecule has 1 aromatic heterocycles. The number of ether oxygens (including phenoxy) is 3. The van der Waals surface area contributed by atoms with Gasteiger partial charge in [-0.1, -0.05) is 0 Å². The van der Waals surface area contributed by atoms with Crippen molar-refractivity contribution in [3.05, 3.63) is 65.1 Å². The number of aliphatic carboxylic acids is 1. The molecule has 2 saturated heterocycles. The van der Waals surface area contributed by atoms with Crippen LogP contribution in [-0.4, -0.2) is 85.5 Å². The van der Waals surface area contributed by atoms with Gasteiger partial charge >= 0.3 is 5.97 Å². The number of likely N-dealkylation sites (tertiary alicyclic amines) is 1. The molecule has 1 atom stereocenters. The smallest absolute Gasteiger partial charge is 0.303 e. The molecular formula is C33H39F4N3O5. The quantitative estimate of drug-likeness (QED) is 0.233. The number of morpholine rings is 1. The maximum atomic E-state index is 16.5. The van der Waals surface area contributed by atoms with Gasteiger partial charge in [0.05, 0.1) is 32.3 Å². The zero-order valence-corrected chi connectivity index (χ0v) is 25.4. The van der Waals surface area contributed by atoms with E-state index in [1.165, 1.54) is 0 Å². The number of halogens is 4. The predicted molar refractivity (Wildman–Crippen MR) is 160 cm³/mol. The molecule has 0 aliphatic carbocycles. The number of rotatable bonds is 13. The van der Waals surface area contributed by atoms with Crippen molar-refractivity contribution in [3.63, 3.8) is 0 Å². The Labute approximate surface area is 259 Å². The standard InChI is InChI=1S/C33H39F4N3O5/c1-43-24-2-3-29-25(18-24)31(22(20-38-29)21-40-10-13-44-14-11-40)26(35)4-5-33(19-30(41)42)6-8-39(9-7-33)12-15-45-32-27(36)16-23(34)17-28(32)37/h2-3,16-18,20,26H,4-15,19,21H2,1H3,(H,41,42)/t26-/m0/s1. The van der Waals surface area contributed by atoms with Crippen LogP contribution in [0, 0.1) is 22.9 Å². The molecule has 0 bridgehead atoms. The van der Waals surface area contributed by atoms with Crippen molar-refractivity contribution in [1.29, 1.82) is 0 Å². The van der Waals surface area contributed by atoms with E-state index >= 15 is 4.39 Å². The van der Waals surface area contributed by atoms with Crippen molar-refractivity contribution in [2.45, 2.75) is 44.8 Å². The number of aromatic nitrogens is 1. The van der Waals surface area contributed by atoms with Crippen LogP contribution < -0.4 is 9.47 Å². The third-order valence-electron chi connectivity index (χ3n) is 9.00. The van der Waals surface area contributed by atoms with Crippen LogP contribution in [0.3, 0.4) is 0 Å². The number of benzene rings is 2. The molecule has 3 heterocycles. The van der Waals surface area contributed by atoms with Crippen LogP contribution in [0.25, 0.3) is 10.9 Å². The molecular weight excluding hydrogens is 594 g/mol. The normalized spacial score (nSPS) is 18.2. The molecule has 244 valence electrons. The fourth-order valence-electron chi connectivity index (χ4n) is 6.46. The number of carbonyl (C=O) groups is 1. The topological polar surface area (TPSA) is 84.4 Å². The molecule has 8 nitrogen and oxygen atoms in total. The zero-order chi connectivity index (χ0) is 32.0. The Balaban J connectivity index is 1.27. The SMILES string of the molecule is COc1ccc2ncc(CN3CCOCC3)c([C@@H](F)CCC3(CC(=O)O)CCN(CCOc4c(F)cc(F)cc4F)CC3)c2c1. The fourth-order valence-corrected chi connectivity index (χ4v) is 6.46. The minimum Gasteiger partial charge on any atom is -0.497 e. The molecule has 2 aliphatic heterocycles. The molecule has 0 spiro atoms. The molecule has 3 aromatic rings. The highest BCUT2D eigenvalue weighted by Gasteiger charge is 2.37. The second kappa shape index (κ2) is 14.7. The Kier molecular flexibility index (Phi) is 10.8. The Hall–Kier alpha value is -3.48.